The molecule has 0 atom stereocenters. The smallest absolute Gasteiger partial charge is 0.375 e. The number of hydrogen-bond acceptors (Lipinski definition) is 4. The van der Waals surface area contributed by atoms with Gasteiger partial charge < -0.3 is 14.3 Å². The van der Waals surface area contributed by atoms with E-state index in [1.165, 1.54) is 13.3 Å². The number of carboxylic acids is 1. The lowest BCUT2D eigenvalue weighted by atomic mass is 10.3. The van der Waals surface area contributed by atoms with Gasteiger partial charge in [-0.05, 0) is 12.1 Å². The van der Waals surface area contributed by atoms with Crippen molar-refractivity contribution in [2.45, 2.75) is 0 Å². The van der Waals surface area contributed by atoms with Crippen LogP contribution < -0.4 is 4.74 Å². The van der Waals surface area contributed by atoms with E-state index in [-0.39, 0.29) is 17.2 Å². The molecule has 0 aliphatic carbocycles. The van der Waals surface area contributed by atoms with Crippen molar-refractivity contribution in [2.75, 3.05) is 7.11 Å². The number of carbonyl (C=O) groups is 1. The van der Waals surface area contributed by atoms with Gasteiger partial charge in [0.05, 0.1) is 12.5 Å². The Hall–Kier alpha value is -2.04. The van der Waals surface area contributed by atoms with Gasteiger partial charge in [-0.1, -0.05) is 0 Å². The van der Waals surface area contributed by atoms with Crippen molar-refractivity contribution in [3.8, 4) is 5.75 Å². The largest absolute Gasteiger partial charge is 0.492 e. The van der Waals surface area contributed by atoms with Gasteiger partial charge in [-0.25, -0.2) is 9.78 Å². The summed E-state index contributed by atoms with van der Waals surface area (Å²) in [5.41, 5.74) is 0.266. The van der Waals surface area contributed by atoms with Crippen molar-refractivity contribution in [2.24, 2.45) is 0 Å². The van der Waals surface area contributed by atoms with Crippen LogP contribution in [0.25, 0.3) is 11.1 Å². The molecule has 1 N–H and O–H groups in total. The van der Waals surface area contributed by atoms with E-state index >= 15 is 0 Å². The van der Waals surface area contributed by atoms with Gasteiger partial charge in [-0.2, -0.15) is 0 Å². The van der Waals surface area contributed by atoms with E-state index in [1.807, 2.05) is 0 Å². The molecule has 5 heteroatoms. The zero-order chi connectivity index (χ0) is 10.1. The Labute approximate surface area is 78.9 Å². The lowest BCUT2D eigenvalue weighted by molar-refractivity contribution is 0.0660. The molecule has 0 saturated carbocycles. The first-order valence-corrected chi connectivity index (χ1v) is 3.89. The second-order valence-corrected chi connectivity index (χ2v) is 2.63. The van der Waals surface area contributed by atoms with Crippen molar-refractivity contribution in [3.63, 3.8) is 0 Å². The number of ether oxygens (including phenoxy) is 1. The van der Waals surface area contributed by atoms with E-state index < -0.39 is 5.97 Å². The lowest BCUT2D eigenvalue weighted by Gasteiger charge is -1.95. The molecule has 2 rings (SSSR count). The molecule has 2 heterocycles. The van der Waals surface area contributed by atoms with Gasteiger partial charge in [0.2, 0.25) is 5.71 Å². The Morgan fingerprint density at radius 2 is 2.43 bits per heavy atom. The number of aromatic carboxylic acids is 1. The fraction of sp³-hybridized carbons (Fsp3) is 0.111. The summed E-state index contributed by atoms with van der Waals surface area (Å²) in [6, 6.07) is 3.38. The number of nitrogens with zero attached hydrogens (tertiary/aromatic N) is 1. The number of hydrogen-bond donors (Lipinski definition) is 1. The molecule has 0 aliphatic rings. The molecule has 0 saturated heterocycles. The van der Waals surface area contributed by atoms with Crippen LogP contribution in [0.15, 0.2) is 22.7 Å². The molecule has 0 amide bonds. The first-order valence-electron chi connectivity index (χ1n) is 3.89. The second kappa shape index (κ2) is 3.02. The summed E-state index contributed by atoms with van der Waals surface area (Å²) < 4.78 is 9.96. The Balaban J connectivity index is 2.78. The number of carboxylic acid groups (broad SMARTS) is 1. The third-order valence-electron chi connectivity index (χ3n) is 1.82. The number of pyridine rings is 1. The molecular formula is C9H7NO4. The van der Waals surface area contributed by atoms with Gasteiger partial charge in [0, 0.05) is 6.20 Å². The predicted molar refractivity (Wildman–Crippen MR) is 47.5 cm³/mol. The summed E-state index contributed by atoms with van der Waals surface area (Å²) in [5.74, 6) is -1.18. The summed E-state index contributed by atoms with van der Waals surface area (Å²) in [4.78, 5) is 14.6. The number of furan rings is 1. The van der Waals surface area contributed by atoms with Crippen LogP contribution in [-0.4, -0.2) is 23.2 Å². The molecule has 0 aliphatic heterocycles. The van der Waals surface area contributed by atoms with Crippen LogP contribution in [0.4, 0.5) is 0 Å². The highest BCUT2D eigenvalue weighted by Gasteiger charge is 2.20. The molecule has 2 aromatic rings. The molecule has 5 nitrogen and oxygen atoms in total. The van der Waals surface area contributed by atoms with Crippen LogP contribution in [0, 0.1) is 0 Å². The van der Waals surface area contributed by atoms with E-state index in [4.69, 9.17) is 14.3 Å². The summed E-state index contributed by atoms with van der Waals surface area (Å²) in [6.45, 7) is 0. The quantitative estimate of drug-likeness (QED) is 0.782. The third-order valence-corrected chi connectivity index (χ3v) is 1.82. The third kappa shape index (κ3) is 1.10. The molecule has 2 aromatic heterocycles. The maximum atomic E-state index is 10.7. The molecule has 0 unspecified atom stereocenters. The van der Waals surface area contributed by atoms with Crippen molar-refractivity contribution >= 4 is 17.1 Å². The monoisotopic (exact) mass is 193 g/mol. The van der Waals surface area contributed by atoms with Crippen LogP contribution in [0.3, 0.4) is 0 Å². The van der Waals surface area contributed by atoms with E-state index in [2.05, 4.69) is 4.98 Å². The number of fused-ring (bicyclic) bond motifs is 1. The van der Waals surface area contributed by atoms with E-state index in [0.717, 1.165) is 0 Å². The highest BCUT2D eigenvalue weighted by Crippen LogP contribution is 2.31. The number of methoxy groups -OCH3 is 1. The highest BCUT2D eigenvalue weighted by atomic mass is 16.5. The summed E-state index contributed by atoms with van der Waals surface area (Å²) in [6.07, 6.45) is 1.52. The molecule has 0 aromatic carbocycles. The molecule has 14 heavy (non-hydrogen) atoms. The Bertz CT molecular complexity index is 489. The first kappa shape index (κ1) is 8.55. The average Bonchev–Trinajstić information content (AvgIpc) is 2.56. The van der Waals surface area contributed by atoms with Crippen LogP contribution in [0.1, 0.15) is 10.6 Å². The molecule has 0 fully saturated rings. The van der Waals surface area contributed by atoms with Gasteiger partial charge in [0.25, 0.3) is 5.76 Å². The minimum atomic E-state index is -1.17. The zero-order valence-electron chi connectivity index (χ0n) is 7.35. The van der Waals surface area contributed by atoms with E-state index in [1.54, 1.807) is 12.1 Å². The maximum absolute atomic E-state index is 10.7. The topological polar surface area (TPSA) is 72.6 Å². The van der Waals surface area contributed by atoms with Crippen molar-refractivity contribution in [3.05, 3.63) is 24.1 Å². The highest BCUT2D eigenvalue weighted by molar-refractivity contribution is 5.96. The maximum Gasteiger partial charge on any atom is 0.375 e. The average molecular weight is 193 g/mol. The van der Waals surface area contributed by atoms with Gasteiger partial charge in [0.1, 0.15) is 0 Å². The SMILES string of the molecule is COc1c(C(=O)O)oc2ncccc12. The van der Waals surface area contributed by atoms with Gasteiger partial charge in [0.15, 0.2) is 5.75 Å². The van der Waals surface area contributed by atoms with Crippen LogP contribution >= 0.6 is 0 Å². The van der Waals surface area contributed by atoms with E-state index in [0.29, 0.717) is 5.39 Å². The summed E-state index contributed by atoms with van der Waals surface area (Å²) in [5, 5.41) is 9.36. The van der Waals surface area contributed by atoms with Gasteiger partial charge >= 0.3 is 5.97 Å². The molecule has 0 bridgehead atoms. The number of aromatic nitrogens is 1. The normalized spacial score (nSPS) is 10.4. The number of rotatable bonds is 2. The van der Waals surface area contributed by atoms with Crippen LogP contribution in [0.5, 0.6) is 5.75 Å². The molecule has 0 spiro atoms. The van der Waals surface area contributed by atoms with Gasteiger partial charge in [-0.15, -0.1) is 0 Å². The van der Waals surface area contributed by atoms with Crippen molar-refractivity contribution in [1.29, 1.82) is 0 Å². The molecule has 0 radical (unpaired) electrons. The van der Waals surface area contributed by atoms with Crippen LogP contribution in [-0.2, 0) is 0 Å². The van der Waals surface area contributed by atoms with Gasteiger partial charge in [-0.3, -0.25) is 0 Å². The zero-order valence-corrected chi connectivity index (χ0v) is 7.35. The fourth-order valence-corrected chi connectivity index (χ4v) is 1.25. The molecular weight excluding hydrogens is 186 g/mol. The van der Waals surface area contributed by atoms with Crippen LogP contribution in [0.2, 0.25) is 0 Å². The lowest BCUT2D eigenvalue weighted by Crippen LogP contribution is -1.96. The minimum Gasteiger partial charge on any atom is -0.492 e. The second-order valence-electron chi connectivity index (χ2n) is 2.63. The first-order chi connectivity index (χ1) is 6.74. The van der Waals surface area contributed by atoms with Crippen molar-refractivity contribution < 1.29 is 19.1 Å². The fourth-order valence-electron chi connectivity index (χ4n) is 1.25. The van der Waals surface area contributed by atoms with Crippen molar-refractivity contribution in [1.82, 2.24) is 4.98 Å². The van der Waals surface area contributed by atoms with E-state index in [9.17, 15) is 4.79 Å². The Morgan fingerprint density at radius 3 is 3.07 bits per heavy atom. The standard InChI is InChI=1S/C9H7NO4/c1-13-6-5-3-2-4-10-8(5)14-7(6)9(11)12/h2-4H,1H3,(H,11,12). The summed E-state index contributed by atoms with van der Waals surface area (Å²) >= 11 is 0. The molecule has 72 valence electrons. The Kier molecular flexibility index (Phi) is 1.85. The minimum absolute atomic E-state index is 0.209. The predicted octanol–water partition coefficient (Wildman–Crippen LogP) is 1.53. The Morgan fingerprint density at radius 1 is 1.64 bits per heavy atom. The summed E-state index contributed by atoms with van der Waals surface area (Å²) in [7, 11) is 1.39.